The van der Waals surface area contributed by atoms with Gasteiger partial charge in [-0.3, -0.25) is 14.6 Å². The van der Waals surface area contributed by atoms with Crippen molar-refractivity contribution in [3.63, 3.8) is 0 Å². The van der Waals surface area contributed by atoms with Crippen LogP contribution in [-0.2, 0) is 5.54 Å². The van der Waals surface area contributed by atoms with Crippen LogP contribution in [-0.4, -0.2) is 30.1 Å². The molecule has 26 heavy (non-hydrogen) atoms. The summed E-state index contributed by atoms with van der Waals surface area (Å²) >= 11 is 2.13. The first kappa shape index (κ1) is 18.2. The molecular formula is C17H15FIN5O2. The number of alkyl halides is 1. The maximum atomic E-state index is 13.2. The minimum absolute atomic E-state index is 0.112. The summed E-state index contributed by atoms with van der Waals surface area (Å²) < 4.78 is 15.1. The highest BCUT2D eigenvalue weighted by Crippen LogP contribution is 2.24. The molecule has 3 aromatic rings. The Labute approximate surface area is 161 Å². The van der Waals surface area contributed by atoms with Crippen molar-refractivity contribution in [2.24, 2.45) is 0 Å². The number of aromatic nitrogens is 4. The summed E-state index contributed by atoms with van der Waals surface area (Å²) in [6, 6.07) is 7.57. The van der Waals surface area contributed by atoms with Gasteiger partial charge in [-0.2, -0.15) is 5.10 Å². The van der Waals surface area contributed by atoms with Crippen molar-refractivity contribution in [2.75, 3.05) is 4.43 Å². The van der Waals surface area contributed by atoms with Gasteiger partial charge in [-0.05, 0) is 30.7 Å². The largest absolute Gasteiger partial charge is 0.342 e. The molecule has 0 radical (unpaired) electrons. The molecule has 9 heteroatoms. The summed E-state index contributed by atoms with van der Waals surface area (Å²) in [6.45, 7) is 1.81. The van der Waals surface area contributed by atoms with Gasteiger partial charge in [0.25, 0.3) is 11.5 Å². The average Bonchev–Trinajstić information content (AvgIpc) is 3.16. The third-order valence-electron chi connectivity index (χ3n) is 3.89. The molecule has 0 spiro atoms. The Balaban J connectivity index is 1.86. The predicted molar refractivity (Wildman–Crippen MR) is 102 cm³/mol. The van der Waals surface area contributed by atoms with Gasteiger partial charge >= 0.3 is 0 Å². The Morgan fingerprint density at radius 1 is 1.38 bits per heavy atom. The van der Waals surface area contributed by atoms with Crippen LogP contribution < -0.4 is 10.9 Å². The Morgan fingerprint density at radius 2 is 2.12 bits per heavy atom. The monoisotopic (exact) mass is 467 g/mol. The van der Waals surface area contributed by atoms with Crippen molar-refractivity contribution >= 4 is 28.5 Å². The number of nitrogens with zero attached hydrogens (tertiary/aromatic N) is 3. The molecule has 2 N–H and O–H groups in total. The second-order valence-corrected chi connectivity index (χ2v) is 6.59. The lowest BCUT2D eigenvalue weighted by atomic mass is 9.94. The summed E-state index contributed by atoms with van der Waals surface area (Å²) in [6.07, 6.45) is 4.39. The Hall–Kier alpha value is -2.56. The summed E-state index contributed by atoms with van der Waals surface area (Å²) in [5.41, 5.74) is -0.713. The van der Waals surface area contributed by atoms with Crippen LogP contribution in [0.5, 0.6) is 0 Å². The maximum Gasteiger partial charge on any atom is 0.265 e. The number of carbonyl (C=O) groups is 1. The molecule has 0 aliphatic carbocycles. The third-order valence-corrected chi connectivity index (χ3v) is 5.42. The lowest BCUT2D eigenvalue weighted by molar-refractivity contribution is 0.0912. The lowest BCUT2D eigenvalue weighted by Crippen LogP contribution is -2.46. The van der Waals surface area contributed by atoms with Crippen molar-refractivity contribution in [3.05, 3.63) is 76.2 Å². The number of halogens is 2. The van der Waals surface area contributed by atoms with E-state index in [1.54, 1.807) is 30.6 Å². The molecule has 0 saturated heterocycles. The first-order chi connectivity index (χ1) is 12.4. The zero-order valence-electron chi connectivity index (χ0n) is 13.7. The molecular weight excluding hydrogens is 452 g/mol. The van der Waals surface area contributed by atoms with Gasteiger partial charge in [0.1, 0.15) is 11.4 Å². The molecule has 0 aliphatic heterocycles. The van der Waals surface area contributed by atoms with Gasteiger partial charge in [0.15, 0.2) is 0 Å². The number of H-pyrrole nitrogens is 1. The fourth-order valence-electron chi connectivity index (χ4n) is 2.38. The van der Waals surface area contributed by atoms with Crippen LogP contribution in [0.2, 0.25) is 0 Å². The number of amides is 1. The smallest absolute Gasteiger partial charge is 0.265 e. The molecule has 0 aliphatic rings. The van der Waals surface area contributed by atoms with Crippen LogP contribution >= 0.6 is 22.6 Å². The second kappa shape index (κ2) is 7.36. The SMILES string of the molecule is CC(CI)(NC(=O)c1cnc(-n2cccn2)[nH]c1=O)c1ccc(F)cc1. The zero-order valence-corrected chi connectivity index (χ0v) is 15.9. The van der Waals surface area contributed by atoms with Crippen LogP contribution in [0.3, 0.4) is 0 Å². The number of benzene rings is 1. The molecule has 1 unspecified atom stereocenters. The van der Waals surface area contributed by atoms with Crippen LogP contribution in [0.15, 0.2) is 53.7 Å². The number of aromatic amines is 1. The van der Waals surface area contributed by atoms with Crippen molar-refractivity contribution in [1.29, 1.82) is 0 Å². The predicted octanol–water partition coefficient (Wildman–Crippen LogP) is 2.17. The molecule has 2 heterocycles. The van der Waals surface area contributed by atoms with E-state index in [-0.39, 0.29) is 17.3 Å². The van der Waals surface area contributed by atoms with E-state index >= 15 is 0 Å². The van der Waals surface area contributed by atoms with E-state index in [1.807, 2.05) is 6.92 Å². The molecule has 1 amide bonds. The first-order valence-corrected chi connectivity index (χ1v) is 9.19. The van der Waals surface area contributed by atoms with Gasteiger partial charge in [-0.15, -0.1) is 0 Å². The average molecular weight is 467 g/mol. The quantitative estimate of drug-likeness (QED) is 0.445. The minimum Gasteiger partial charge on any atom is -0.342 e. The molecule has 2 aromatic heterocycles. The van der Waals surface area contributed by atoms with E-state index in [9.17, 15) is 14.0 Å². The van der Waals surface area contributed by atoms with E-state index in [1.165, 1.54) is 23.0 Å². The Bertz CT molecular complexity index is 972. The van der Waals surface area contributed by atoms with E-state index in [2.05, 4.69) is 43.0 Å². The highest BCUT2D eigenvalue weighted by Gasteiger charge is 2.29. The van der Waals surface area contributed by atoms with Gasteiger partial charge in [0.05, 0.1) is 5.54 Å². The molecule has 3 rings (SSSR count). The number of carbonyl (C=O) groups excluding carboxylic acids is 1. The van der Waals surface area contributed by atoms with Crippen molar-refractivity contribution < 1.29 is 9.18 Å². The molecule has 0 bridgehead atoms. The zero-order chi connectivity index (χ0) is 18.7. The standard InChI is InChI=1S/C17H15FIN5O2/c1-17(10-19,11-3-5-12(18)6-4-11)23-15(26)13-9-20-16(22-14(13)25)24-8-2-7-21-24/h2-9H,10H2,1H3,(H,23,26)(H,20,22,25). The molecule has 134 valence electrons. The van der Waals surface area contributed by atoms with Gasteiger partial charge in [0.2, 0.25) is 5.95 Å². The molecule has 0 fully saturated rings. The lowest BCUT2D eigenvalue weighted by Gasteiger charge is -2.29. The minimum atomic E-state index is -0.765. The van der Waals surface area contributed by atoms with Gasteiger partial charge in [-0.1, -0.05) is 34.7 Å². The van der Waals surface area contributed by atoms with Gasteiger partial charge in [-0.25, -0.2) is 14.1 Å². The normalized spacial score (nSPS) is 13.2. The molecule has 1 aromatic carbocycles. The van der Waals surface area contributed by atoms with Crippen LogP contribution in [0.4, 0.5) is 4.39 Å². The number of hydrogen-bond acceptors (Lipinski definition) is 4. The highest BCUT2D eigenvalue weighted by molar-refractivity contribution is 14.1. The third kappa shape index (κ3) is 3.66. The molecule has 0 saturated carbocycles. The molecule has 7 nitrogen and oxygen atoms in total. The van der Waals surface area contributed by atoms with Gasteiger partial charge < -0.3 is 5.32 Å². The van der Waals surface area contributed by atoms with E-state index in [0.717, 1.165) is 5.56 Å². The van der Waals surface area contributed by atoms with Crippen LogP contribution in [0.1, 0.15) is 22.8 Å². The summed E-state index contributed by atoms with van der Waals surface area (Å²) in [4.78, 5) is 31.5. The Morgan fingerprint density at radius 3 is 2.69 bits per heavy atom. The summed E-state index contributed by atoms with van der Waals surface area (Å²) in [5.74, 6) is -0.702. The van der Waals surface area contributed by atoms with Crippen molar-refractivity contribution in [2.45, 2.75) is 12.5 Å². The van der Waals surface area contributed by atoms with E-state index < -0.39 is 17.0 Å². The molecule has 1 atom stereocenters. The Kier molecular flexibility index (Phi) is 5.16. The highest BCUT2D eigenvalue weighted by atomic mass is 127. The van der Waals surface area contributed by atoms with Crippen LogP contribution in [0, 0.1) is 5.82 Å². The fourth-order valence-corrected chi connectivity index (χ4v) is 3.01. The van der Waals surface area contributed by atoms with Crippen LogP contribution in [0.25, 0.3) is 5.95 Å². The van der Waals surface area contributed by atoms with Crippen molar-refractivity contribution in [1.82, 2.24) is 25.1 Å². The summed E-state index contributed by atoms with van der Waals surface area (Å²) in [5, 5.41) is 6.81. The van der Waals surface area contributed by atoms with Crippen molar-refractivity contribution in [3.8, 4) is 5.95 Å². The topological polar surface area (TPSA) is 92.7 Å². The maximum absolute atomic E-state index is 13.2. The number of nitrogens with one attached hydrogen (secondary N) is 2. The van der Waals surface area contributed by atoms with E-state index in [0.29, 0.717) is 4.43 Å². The number of hydrogen-bond donors (Lipinski definition) is 2. The summed E-state index contributed by atoms with van der Waals surface area (Å²) in [7, 11) is 0. The number of rotatable bonds is 5. The second-order valence-electron chi connectivity index (χ2n) is 5.83. The van der Waals surface area contributed by atoms with E-state index in [4.69, 9.17) is 0 Å². The first-order valence-electron chi connectivity index (χ1n) is 7.67. The fraction of sp³-hybridized carbons (Fsp3) is 0.176. The van der Waals surface area contributed by atoms with Gasteiger partial charge in [0, 0.05) is 23.0 Å².